The second-order valence-electron chi connectivity index (χ2n) is 3.17. The lowest BCUT2D eigenvalue weighted by molar-refractivity contribution is 0.398. The first-order valence-corrected chi connectivity index (χ1v) is 4.57. The Hall–Kier alpha value is -1.16. The maximum Gasteiger partial charge on any atom is 0.253 e. The first-order chi connectivity index (χ1) is 6.40. The Bertz CT molecular complexity index is 316. The van der Waals surface area contributed by atoms with Crippen molar-refractivity contribution in [1.29, 1.82) is 0 Å². The van der Waals surface area contributed by atoms with Gasteiger partial charge in [0.25, 0.3) is 5.89 Å². The van der Waals surface area contributed by atoms with Gasteiger partial charge in [-0.1, -0.05) is 11.2 Å². The van der Waals surface area contributed by atoms with Gasteiger partial charge in [0.1, 0.15) is 0 Å². The summed E-state index contributed by atoms with van der Waals surface area (Å²) in [5.41, 5.74) is 1.20. The molecular formula is C9H13N3O. The summed E-state index contributed by atoms with van der Waals surface area (Å²) in [5, 5.41) is 6.84. The lowest BCUT2D eigenvalue weighted by Gasteiger charge is -1.90. The molecule has 0 unspecified atom stereocenters. The quantitative estimate of drug-likeness (QED) is 0.761. The highest BCUT2D eigenvalue weighted by atomic mass is 16.5. The van der Waals surface area contributed by atoms with Crippen LogP contribution < -0.4 is 5.32 Å². The average molecular weight is 179 g/mol. The number of hydrogen-bond acceptors (Lipinski definition) is 4. The second-order valence-corrected chi connectivity index (χ2v) is 3.17. The van der Waals surface area contributed by atoms with Crippen LogP contribution in [0.3, 0.4) is 0 Å². The Morgan fingerprint density at radius 1 is 1.62 bits per heavy atom. The monoisotopic (exact) mass is 179 g/mol. The van der Waals surface area contributed by atoms with E-state index in [1.807, 2.05) is 7.05 Å². The van der Waals surface area contributed by atoms with Crippen molar-refractivity contribution in [3.8, 4) is 0 Å². The first-order valence-electron chi connectivity index (χ1n) is 4.57. The van der Waals surface area contributed by atoms with Gasteiger partial charge in [0, 0.05) is 5.57 Å². The third kappa shape index (κ3) is 1.78. The largest absolute Gasteiger partial charge is 0.334 e. The minimum Gasteiger partial charge on any atom is -0.334 e. The predicted octanol–water partition coefficient (Wildman–Crippen LogP) is 1.36. The summed E-state index contributed by atoms with van der Waals surface area (Å²) in [6.07, 6.45) is 5.59. The van der Waals surface area contributed by atoms with Gasteiger partial charge in [-0.15, -0.1) is 0 Å². The zero-order chi connectivity index (χ0) is 9.10. The number of aromatic nitrogens is 2. The van der Waals surface area contributed by atoms with Gasteiger partial charge in [-0.05, 0) is 26.3 Å². The van der Waals surface area contributed by atoms with Crippen LogP contribution in [0.15, 0.2) is 10.6 Å². The summed E-state index contributed by atoms with van der Waals surface area (Å²) >= 11 is 0. The van der Waals surface area contributed by atoms with Crippen LogP contribution in [0.4, 0.5) is 0 Å². The first kappa shape index (κ1) is 8.44. The van der Waals surface area contributed by atoms with E-state index in [4.69, 9.17) is 4.52 Å². The van der Waals surface area contributed by atoms with Crippen molar-refractivity contribution in [2.75, 3.05) is 7.05 Å². The zero-order valence-corrected chi connectivity index (χ0v) is 7.71. The van der Waals surface area contributed by atoms with Crippen molar-refractivity contribution in [2.24, 2.45) is 0 Å². The Labute approximate surface area is 77.0 Å². The number of rotatable bonds is 3. The van der Waals surface area contributed by atoms with E-state index in [2.05, 4.69) is 21.5 Å². The van der Waals surface area contributed by atoms with E-state index in [-0.39, 0.29) is 0 Å². The van der Waals surface area contributed by atoms with E-state index in [0.717, 1.165) is 18.7 Å². The summed E-state index contributed by atoms with van der Waals surface area (Å²) in [5.74, 6) is 1.42. The van der Waals surface area contributed by atoms with Crippen molar-refractivity contribution in [3.05, 3.63) is 17.8 Å². The summed E-state index contributed by atoms with van der Waals surface area (Å²) in [4.78, 5) is 4.27. The fourth-order valence-electron chi connectivity index (χ4n) is 1.48. The lowest BCUT2D eigenvalue weighted by atomic mass is 10.2. The van der Waals surface area contributed by atoms with Gasteiger partial charge < -0.3 is 9.84 Å². The summed E-state index contributed by atoms with van der Waals surface area (Å²) in [6.45, 7) is 0.663. The minimum absolute atomic E-state index is 0.663. The molecule has 0 saturated heterocycles. The van der Waals surface area contributed by atoms with Crippen LogP contribution in [0.1, 0.15) is 31.0 Å². The molecule has 0 spiro atoms. The molecule has 1 aromatic rings. The Morgan fingerprint density at radius 3 is 3.23 bits per heavy atom. The third-order valence-corrected chi connectivity index (χ3v) is 2.12. The standard InChI is InChI=1S/C9H13N3O/c1-10-6-8-11-9(13-12-8)7-4-2-3-5-7/h4,10H,2-3,5-6H2,1H3. The number of hydrogen-bond donors (Lipinski definition) is 1. The van der Waals surface area contributed by atoms with Gasteiger partial charge in [-0.3, -0.25) is 0 Å². The topological polar surface area (TPSA) is 51.0 Å². The van der Waals surface area contributed by atoms with E-state index in [1.165, 1.54) is 12.0 Å². The van der Waals surface area contributed by atoms with Gasteiger partial charge in [0.2, 0.25) is 0 Å². The molecule has 1 heterocycles. The molecule has 0 saturated carbocycles. The molecule has 1 N–H and O–H groups in total. The predicted molar refractivity (Wildman–Crippen MR) is 48.9 cm³/mol. The molecule has 1 aromatic heterocycles. The lowest BCUT2D eigenvalue weighted by Crippen LogP contribution is -2.06. The van der Waals surface area contributed by atoms with Crippen LogP contribution in [-0.4, -0.2) is 17.2 Å². The number of nitrogens with zero attached hydrogens (tertiary/aromatic N) is 2. The van der Waals surface area contributed by atoms with E-state index in [1.54, 1.807) is 0 Å². The molecule has 0 atom stereocenters. The number of nitrogens with one attached hydrogen (secondary N) is 1. The van der Waals surface area contributed by atoms with Crippen LogP contribution in [0.5, 0.6) is 0 Å². The van der Waals surface area contributed by atoms with E-state index in [0.29, 0.717) is 12.4 Å². The molecule has 0 bridgehead atoms. The highest BCUT2D eigenvalue weighted by Crippen LogP contribution is 2.25. The molecule has 70 valence electrons. The molecule has 4 heteroatoms. The Kier molecular flexibility index (Phi) is 2.40. The van der Waals surface area contributed by atoms with Crippen molar-refractivity contribution < 1.29 is 4.52 Å². The Morgan fingerprint density at radius 2 is 2.54 bits per heavy atom. The van der Waals surface area contributed by atoms with E-state index < -0.39 is 0 Å². The fraction of sp³-hybridized carbons (Fsp3) is 0.556. The molecule has 4 nitrogen and oxygen atoms in total. The minimum atomic E-state index is 0.663. The van der Waals surface area contributed by atoms with Gasteiger partial charge in [0.15, 0.2) is 5.82 Å². The van der Waals surface area contributed by atoms with Crippen LogP contribution in [-0.2, 0) is 6.54 Å². The van der Waals surface area contributed by atoms with Gasteiger partial charge >= 0.3 is 0 Å². The fourth-order valence-corrected chi connectivity index (χ4v) is 1.48. The molecule has 0 fully saturated rings. The molecule has 0 radical (unpaired) electrons. The average Bonchev–Trinajstić information content (AvgIpc) is 2.70. The van der Waals surface area contributed by atoms with Crippen molar-refractivity contribution in [3.63, 3.8) is 0 Å². The SMILES string of the molecule is CNCc1noc(C2=CCCC2)n1. The molecular weight excluding hydrogens is 166 g/mol. The van der Waals surface area contributed by atoms with Crippen molar-refractivity contribution in [1.82, 2.24) is 15.5 Å². The smallest absolute Gasteiger partial charge is 0.253 e. The highest BCUT2D eigenvalue weighted by Gasteiger charge is 2.13. The molecule has 13 heavy (non-hydrogen) atoms. The maximum absolute atomic E-state index is 5.13. The molecule has 1 aliphatic carbocycles. The highest BCUT2D eigenvalue weighted by molar-refractivity contribution is 5.59. The zero-order valence-electron chi connectivity index (χ0n) is 7.71. The second kappa shape index (κ2) is 3.70. The summed E-state index contributed by atoms with van der Waals surface area (Å²) in [6, 6.07) is 0. The molecule has 1 aliphatic rings. The van der Waals surface area contributed by atoms with Crippen LogP contribution in [0, 0.1) is 0 Å². The van der Waals surface area contributed by atoms with Crippen LogP contribution in [0.25, 0.3) is 5.57 Å². The maximum atomic E-state index is 5.13. The molecule has 2 rings (SSSR count). The Balaban J connectivity index is 2.12. The van der Waals surface area contributed by atoms with Crippen LogP contribution >= 0.6 is 0 Å². The van der Waals surface area contributed by atoms with Crippen LogP contribution in [0.2, 0.25) is 0 Å². The summed E-state index contributed by atoms with van der Waals surface area (Å²) in [7, 11) is 1.87. The van der Waals surface area contributed by atoms with E-state index >= 15 is 0 Å². The third-order valence-electron chi connectivity index (χ3n) is 2.12. The molecule has 0 aliphatic heterocycles. The van der Waals surface area contributed by atoms with Crippen molar-refractivity contribution in [2.45, 2.75) is 25.8 Å². The van der Waals surface area contributed by atoms with E-state index in [9.17, 15) is 0 Å². The normalized spacial score (nSPS) is 16.2. The molecule has 0 aromatic carbocycles. The van der Waals surface area contributed by atoms with Gasteiger partial charge in [-0.25, -0.2) is 0 Å². The summed E-state index contributed by atoms with van der Waals surface area (Å²) < 4.78 is 5.13. The molecule has 0 amide bonds. The van der Waals surface area contributed by atoms with Gasteiger partial charge in [0.05, 0.1) is 6.54 Å². The number of allylic oxidation sites excluding steroid dienone is 2. The van der Waals surface area contributed by atoms with Crippen molar-refractivity contribution >= 4 is 5.57 Å². The van der Waals surface area contributed by atoms with Gasteiger partial charge in [-0.2, -0.15) is 4.98 Å².